The van der Waals surface area contributed by atoms with E-state index in [2.05, 4.69) is 131 Å². The molecule has 4 aromatic heterocycles. The van der Waals surface area contributed by atoms with E-state index in [9.17, 15) is 0 Å². The second kappa shape index (κ2) is 9.30. The van der Waals surface area contributed by atoms with Gasteiger partial charge in [-0.1, -0.05) is 67.8 Å². The molecule has 2 unspecified atom stereocenters. The van der Waals surface area contributed by atoms with Crippen LogP contribution in [0.25, 0.3) is 71.3 Å². The summed E-state index contributed by atoms with van der Waals surface area (Å²) in [5.41, 5.74) is 13.5. The van der Waals surface area contributed by atoms with Crippen LogP contribution in [-0.2, 0) is 6.42 Å². The average Bonchev–Trinajstić information content (AvgIpc) is 3.78. The molecule has 2 atom stereocenters. The highest BCUT2D eigenvalue weighted by Gasteiger charge is 2.42. The van der Waals surface area contributed by atoms with E-state index in [0.717, 1.165) is 46.4 Å². The summed E-state index contributed by atoms with van der Waals surface area (Å²) in [7, 11) is 0. The maximum absolute atomic E-state index is 6.53. The van der Waals surface area contributed by atoms with Crippen LogP contribution < -0.4 is 4.57 Å². The van der Waals surface area contributed by atoms with Crippen molar-refractivity contribution in [2.75, 3.05) is 0 Å². The van der Waals surface area contributed by atoms with Crippen LogP contribution in [0.3, 0.4) is 0 Å². The van der Waals surface area contributed by atoms with Gasteiger partial charge in [-0.15, -0.1) is 0 Å². The van der Waals surface area contributed by atoms with Gasteiger partial charge in [0, 0.05) is 55.6 Å². The molecule has 11 rings (SSSR count). The lowest BCUT2D eigenvalue weighted by atomic mass is 9.78. The van der Waals surface area contributed by atoms with Crippen molar-refractivity contribution in [1.82, 2.24) is 4.40 Å². The number of pyridine rings is 1. The van der Waals surface area contributed by atoms with E-state index in [-0.39, 0.29) is 12.0 Å². The van der Waals surface area contributed by atoms with Crippen LogP contribution >= 0.6 is 0 Å². The van der Waals surface area contributed by atoms with Crippen molar-refractivity contribution in [3.8, 4) is 11.3 Å². The molecular weight excluding hydrogens is 587 g/mol. The molecule has 0 radical (unpaired) electrons. The highest BCUT2D eigenvalue weighted by atomic mass is 16.3. The van der Waals surface area contributed by atoms with Crippen molar-refractivity contribution in [2.45, 2.75) is 24.8 Å². The zero-order valence-corrected chi connectivity index (χ0v) is 26.3. The third-order valence-corrected chi connectivity index (χ3v) is 11.0. The molecule has 0 spiro atoms. The van der Waals surface area contributed by atoms with E-state index in [1.165, 1.54) is 65.9 Å². The number of hydrogen-bond acceptors (Lipinski definition) is 2. The zero-order valence-electron chi connectivity index (χ0n) is 26.3. The lowest BCUT2D eigenvalue weighted by molar-refractivity contribution is -0.709. The van der Waals surface area contributed by atoms with Crippen molar-refractivity contribution in [1.29, 1.82) is 0 Å². The van der Waals surface area contributed by atoms with Gasteiger partial charge < -0.3 is 8.82 Å². The Morgan fingerprint density at radius 2 is 1.56 bits per heavy atom. The fraction of sp³-hybridized carbons (Fsp3) is 0.0909. The molecule has 9 aromatic rings. The van der Waals surface area contributed by atoms with Gasteiger partial charge in [-0.05, 0) is 72.5 Å². The van der Waals surface area contributed by atoms with Gasteiger partial charge in [0.25, 0.3) is 0 Å². The number of aromatic nitrogens is 2. The van der Waals surface area contributed by atoms with E-state index < -0.39 is 0 Å². The first-order valence-electron chi connectivity index (χ1n) is 16.7. The number of fused-ring (bicyclic) bond motifs is 17. The normalized spacial score (nSPS) is 17.7. The Bertz CT molecular complexity index is 2900. The molecular formula is C44H30N3O+. The van der Waals surface area contributed by atoms with Gasteiger partial charge in [0.05, 0.1) is 28.2 Å². The fourth-order valence-electron chi connectivity index (χ4n) is 9.10. The maximum atomic E-state index is 6.53. The summed E-state index contributed by atoms with van der Waals surface area (Å²) < 4.78 is 11.4. The summed E-state index contributed by atoms with van der Waals surface area (Å²) in [5, 5.41) is 7.24. The summed E-state index contributed by atoms with van der Waals surface area (Å²) in [6.07, 6.45) is 5.98. The smallest absolute Gasteiger partial charge is 0.213 e. The lowest BCUT2D eigenvalue weighted by Gasteiger charge is -2.30. The highest BCUT2D eigenvalue weighted by molar-refractivity contribution is 6.35. The van der Waals surface area contributed by atoms with Crippen LogP contribution in [0.15, 0.2) is 150 Å². The Morgan fingerprint density at radius 3 is 2.48 bits per heavy atom. The summed E-state index contributed by atoms with van der Waals surface area (Å²) in [6.45, 7) is 8.90. The molecule has 0 bridgehead atoms. The van der Waals surface area contributed by atoms with E-state index in [1.54, 1.807) is 0 Å². The number of aryl methyl sites for hydroxylation is 1. The van der Waals surface area contributed by atoms with Crippen molar-refractivity contribution in [3.63, 3.8) is 0 Å². The Labute approximate surface area is 276 Å². The van der Waals surface area contributed by atoms with Gasteiger partial charge in [0.2, 0.25) is 11.7 Å². The summed E-state index contributed by atoms with van der Waals surface area (Å²) in [5.74, 6) is 0.235. The van der Waals surface area contributed by atoms with Crippen LogP contribution in [0.5, 0.6) is 0 Å². The number of benzene rings is 5. The average molecular weight is 617 g/mol. The first kappa shape index (κ1) is 26.1. The number of hydrogen-bond donors (Lipinski definition) is 0. The standard InChI is InChI=1S/C44H30N3O/c1-3-35-32-23-33-34-24-40-41(31-15-7-9-18-39(31)48-40)42-30-14-6-8-17-37(30)47(44(34)42)38(33)22-26(32)19-20-29-27-12-4-5-13-28(27)36-16-10-11-21-46(36)43(29)25(2)45-35/h3-18,21-24,29,43H,1-2,19-20H2/q+1. The van der Waals surface area contributed by atoms with Gasteiger partial charge >= 0.3 is 0 Å². The number of para-hydroxylation sites is 2. The van der Waals surface area contributed by atoms with Gasteiger partial charge in [0.1, 0.15) is 16.9 Å². The zero-order chi connectivity index (χ0) is 31.7. The van der Waals surface area contributed by atoms with Crippen molar-refractivity contribution in [3.05, 3.63) is 157 Å². The summed E-state index contributed by atoms with van der Waals surface area (Å²) in [6, 6.07) is 39.6. The summed E-state index contributed by atoms with van der Waals surface area (Å²) >= 11 is 0. The molecule has 48 heavy (non-hydrogen) atoms. The minimum Gasteiger partial charge on any atom is -0.456 e. The summed E-state index contributed by atoms with van der Waals surface area (Å²) in [4.78, 5) is 5.31. The quantitative estimate of drug-likeness (QED) is 0.169. The molecule has 2 aliphatic rings. The third-order valence-electron chi connectivity index (χ3n) is 11.0. The molecule has 5 aromatic carbocycles. The van der Waals surface area contributed by atoms with Crippen molar-refractivity contribution < 1.29 is 8.98 Å². The van der Waals surface area contributed by atoms with Crippen LogP contribution in [0, 0.1) is 0 Å². The van der Waals surface area contributed by atoms with Crippen LogP contribution in [-0.4, -0.2) is 10.1 Å². The Hall–Kier alpha value is -6.00. The predicted molar refractivity (Wildman–Crippen MR) is 196 cm³/mol. The second-order valence-electron chi connectivity index (χ2n) is 13.4. The van der Waals surface area contributed by atoms with E-state index in [1.807, 2.05) is 12.1 Å². The van der Waals surface area contributed by atoms with E-state index in [4.69, 9.17) is 9.41 Å². The molecule has 0 N–H and O–H groups in total. The van der Waals surface area contributed by atoms with Gasteiger partial charge in [0.15, 0.2) is 6.20 Å². The van der Waals surface area contributed by atoms with Crippen molar-refractivity contribution >= 4 is 65.7 Å². The fourth-order valence-corrected chi connectivity index (χ4v) is 9.10. The molecule has 0 aliphatic carbocycles. The first-order valence-corrected chi connectivity index (χ1v) is 16.7. The minimum atomic E-state index is 0.0160. The monoisotopic (exact) mass is 616 g/mol. The van der Waals surface area contributed by atoms with Gasteiger partial charge in [-0.25, -0.2) is 4.99 Å². The Kier molecular flexibility index (Phi) is 5.06. The number of allylic oxidation sites excluding steroid dienone is 2. The Balaban J connectivity index is 1.22. The lowest BCUT2D eigenvalue weighted by Crippen LogP contribution is -2.48. The molecule has 6 heterocycles. The minimum absolute atomic E-state index is 0.0160. The molecule has 4 heteroatoms. The third kappa shape index (κ3) is 3.24. The number of furan rings is 1. The van der Waals surface area contributed by atoms with Crippen LogP contribution in [0.4, 0.5) is 0 Å². The number of nitrogens with zero attached hydrogens (tertiary/aromatic N) is 3. The maximum Gasteiger partial charge on any atom is 0.213 e. The molecule has 0 saturated heterocycles. The molecule has 226 valence electrons. The molecule has 0 fully saturated rings. The van der Waals surface area contributed by atoms with E-state index in [0.29, 0.717) is 0 Å². The molecule has 0 amide bonds. The highest BCUT2D eigenvalue weighted by Crippen LogP contribution is 2.48. The van der Waals surface area contributed by atoms with Crippen LogP contribution in [0.2, 0.25) is 0 Å². The van der Waals surface area contributed by atoms with Crippen molar-refractivity contribution in [2.24, 2.45) is 4.99 Å². The first-order chi connectivity index (χ1) is 23.7. The predicted octanol–water partition coefficient (Wildman–Crippen LogP) is 10.5. The second-order valence-corrected chi connectivity index (χ2v) is 13.4. The largest absolute Gasteiger partial charge is 0.456 e. The van der Waals surface area contributed by atoms with Crippen LogP contribution in [0.1, 0.15) is 35.1 Å². The number of aliphatic imine (C=N–C) groups is 1. The van der Waals surface area contributed by atoms with E-state index >= 15 is 0 Å². The molecule has 2 aliphatic heterocycles. The van der Waals surface area contributed by atoms with Gasteiger partial charge in [-0.3, -0.25) is 0 Å². The topological polar surface area (TPSA) is 33.8 Å². The van der Waals surface area contributed by atoms with Gasteiger partial charge in [-0.2, -0.15) is 4.57 Å². The molecule has 0 saturated carbocycles. The SMILES string of the molecule is C=CC1=NC(=C)C2C(CCc3cc4c(cc31)c1cc3oc5ccccc5c3c3c5ccccc5n4c13)c1ccccc1-c1cccc[n+]12. The number of rotatable bonds is 1. The molecule has 4 nitrogen and oxygen atoms in total. The Morgan fingerprint density at radius 1 is 0.750 bits per heavy atom.